The smallest absolute Gasteiger partial charge is 0.324 e. The van der Waals surface area contributed by atoms with Gasteiger partial charge in [0.25, 0.3) is 0 Å². The highest BCUT2D eigenvalue weighted by Crippen LogP contribution is 2.24. The Morgan fingerprint density at radius 3 is 3.06 bits per heavy atom. The van der Waals surface area contributed by atoms with Crippen LogP contribution < -0.4 is 16.5 Å². The summed E-state index contributed by atoms with van der Waals surface area (Å²) in [6, 6.07) is 5.73. The standard InChI is InChI=1S/C11H15BN2O3/c1-12-9-4-7(14-6-11(15)16)2-3-8(9)10(5-13)17-12/h2-4,10,14H,5-6,13H2,1H3,(H,15,16). The average molecular weight is 234 g/mol. The third-order valence-corrected chi connectivity index (χ3v) is 2.90. The average Bonchev–Trinajstić information content (AvgIpc) is 2.63. The molecule has 0 radical (unpaired) electrons. The van der Waals surface area contributed by atoms with Crippen molar-refractivity contribution in [2.45, 2.75) is 12.9 Å². The number of carboxylic acid groups (broad SMARTS) is 1. The molecule has 0 saturated carbocycles. The Kier molecular flexibility index (Phi) is 3.35. The van der Waals surface area contributed by atoms with E-state index in [2.05, 4.69) is 5.32 Å². The SMILES string of the molecule is CB1OC(CN)c2ccc(NCC(=O)O)cc21. The molecule has 6 heteroatoms. The van der Waals surface area contributed by atoms with Crippen molar-refractivity contribution in [3.8, 4) is 0 Å². The van der Waals surface area contributed by atoms with E-state index in [1.54, 1.807) is 0 Å². The molecule has 1 atom stereocenters. The van der Waals surface area contributed by atoms with E-state index in [0.717, 1.165) is 16.7 Å². The van der Waals surface area contributed by atoms with Gasteiger partial charge in [0.15, 0.2) is 0 Å². The van der Waals surface area contributed by atoms with Gasteiger partial charge in [-0.1, -0.05) is 12.9 Å². The summed E-state index contributed by atoms with van der Waals surface area (Å²) < 4.78 is 5.69. The Morgan fingerprint density at radius 2 is 2.41 bits per heavy atom. The molecule has 1 aliphatic heterocycles. The van der Waals surface area contributed by atoms with E-state index >= 15 is 0 Å². The highest BCUT2D eigenvalue weighted by Gasteiger charge is 2.30. The lowest BCUT2D eigenvalue weighted by Gasteiger charge is -2.09. The van der Waals surface area contributed by atoms with Crippen LogP contribution >= 0.6 is 0 Å². The molecule has 17 heavy (non-hydrogen) atoms. The van der Waals surface area contributed by atoms with Crippen LogP contribution in [0.25, 0.3) is 0 Å². The molecule has 0 aromatic heterocycles. The number of rotatable bonds is 4. The molecule has 0 fully saturated rings. The summed E-state index contributed by atoms with van der Waals surface area (Å²) >= 11 is 0. The second-order valence-electron chi connectivity index (χ2n) is 4.09. The van der Waals surface area contributed by atoms with Crippen molar-refractivity contribution >= 4 is 24.0 Å². The van der Waals surface area contributed by atoms with Crippen molar-refractivity contribution in [2.75, 3.05) is 18.4 Å². The van der Waals surface area contributed by atoms with Crippen LogP contribution in [0.5, 0.6) is 0 Å². The molecule has 1 aromatic rings. The molecular weight excluding hydrogens is 219 g/mol. The molecule has 90 valence electrons. The second kappa shape index (κ2) is 4.77. The van der Waals surface area contributed by atoms with Crippen LogP contribution in [0.1, 0.15) is 11.7 Å². The van der Waals surface area contributed by atoms with E-state index in [1.807, 2.05) is 25.0 Å². The first kappa shape index (κ1) is 11.9. The highest BCUT2D eigenvalue weighted by molar-refractivity contribution is 6.67. The predicted octanol–water partition coefficient (Wildman–Crippen LogP) is 0.0414. The summed E-state index contributed by atoms with van der Waals surface area (Å²) in [6.07, 6.45) is -0.0477. The lowest BCUT2D eigenvalue weighted by molar-refractivity contribution is -0.134. The van der Waals surface area contributed by atoms with Crippen LogP contribution in [0, 0.1) is 0 Å². The van der Waals surface area contributed by atoms with Gasteiger partial charge in [-0.2, -0.15) is 0 Å². The molecule has 1 unspecified atom stereocenters. The molecule has 0 amide bonds. The van der Waals surface area contributed by atoms with E-state index in [-0.39, 0.29) is 19.6 Å². The van der Waals surface area contributed by atoms with Crippen molar-refractivity contribution < 1.29 is 14.6 Å². The van der Waals surface area contributed by atoms with Crippen molar-refractivity contribution in [1.29, 1.82) is 0 Å². The maximum atomic E-state index is 10.5. The monoisotopic (exact) mass is 234 g/mol. The zero-order valence-corrected chi connectivity index (χ0v) is 9.64. The fourth-order valence-corrected chi connectivity index (χ4v) is 2.08. The lowest BCUT2D eigenvalue weighted by Crippen LogP contribution is -2.25. The summed E-state index contributed by atoms with van der Waals surface area (Å²) in [5.41, 5.74) is 8.60. The molecule has 1 aliphatic rings. The first-order valence-corrected chi connectivity index (χ1v) is 5.57. The van der Waals surface area contributed by atoms with Gasteiger partial charge in [-0.05, 0) is 23.2 Å². The van der Waals surface area contributed by atoms with Gasteiger partial charge < -0.3 is 20.8 Å². The number of carbonyl (C=O) groups is 1. The van der Waals surface area contributed by atoms with Crippen LogP contribution in [-0.2, 0) is 9.45 Å². The second-order valence-corrected chi connectivity index (χ2v) is 4.09. The van der Waals surface area contributed by atoms with E-state index in [1.165, 1.54) is 0 Å². The number of fused-ring (bicyclic) bond motifs is 1. The van der Waals surface area contributed by atoms with E-state index in [0.29, 0.717) is 6.54 Å². The first-order valence-electron chi connectivity index (χ1n) is 5.57. The van der Waals surface area contributed by atoms with Crippen molar-refractivity contribution in [2.24, 2.45) is 5.73 Å². The molecule has 0 aliphatic carbocycles. The molecule has 4 N–H and O–H groups in total. The zero-order valence-electron chi connectivity index (χ0n) is 9.64. The van der Waals surface area contributed by atoms with Gasteiger partial charge in [-0.15, -0.1) is 0 Å². The third-order valence-electron chi connectivity index (χ3n) is 2.90. The van der Waals surface area contributed by atoms with Gasteiger partial charge >= 0.3 is 12.9 Å². The summed E-state index contributed by atoms with van der Waals surface area (Å²) in [5, 5.41) is 11.4. The molecule has 0 bridgehead atoms. The van der Waals surface area contributed by atoms with Gasteiger partial charge in [-0.25, -0.2) is 0 Å². The van der Waals surface area contributed by atoms with Crippen LogP contribution in [0.3, 0.4) is 0 Å². The van der Waals surface area contributed by atoms with Crippen molar-refractivity contribution in [1.82, 2.24) is 0 Å². The number of hydrogen-bond donors (Lipinski definition) is 3. The van der Waals surface area contributed by atoms with Crippen LogP contribution in [0.2, 0.25) is 6.82 Å². The summed E-state index contributed by atoms with van der Waals surface area (Å²) in [7, 11) is 0. The normalized spacial score (nSPS) is 18.0. The van der Waals surface area contributed by atoms with Crippen LogP contribution in [-0.4, -0.2) is 31.1 Å². The van der Waals surface area contributed by atoms with Crippen molar-refractivity contribution in [3.63, 3.8) is 0 Å². The maximum absolute atomic E-state index is 10.5. The fourth-order valence-electron chi connectivity index (χ4n) is 2.08. The van der Waals surface area contributed by atoms with Gasteiger partial charge in [0.1, 0.15) is 6.54 Å². The van der Waals surface area contributed by atoms with Gasteiger partial charge in [-0.3, -0.25) is 4.79 Å². The minimum atomic E-state index is -0.880. The van der Waals surface area contributed by atoms with Gasteiger partial charge in [0.05, 0.1) is 6.10 Å². The third kappa shape index (κ3) is 2.43. The number of benzene rings is 1. The summed E-state index contributed by atoms with van der Waals surface area (Å²) in [6.45, 7) is 2.34. The lowest BCUT2D eigenvalue weighted by atomic mass is 9.64. The van der Waals surface area contributed by atoms with E-state index in [9.17, 15) is 4.79 Å². The Balaban J connectivity index is 2.19. The molecule has 0 spiro atoms. The number of anilines is 1. The minimum absolute atomic E-state index is 0.00475. The zero-order chi connectivity index (χ0) is 12.4. The highest BCUT2D eigenvalue weighted by atomic mass is 16.5. The van der Waals surface area contributed by atoms with E-state index < -0.39 is 5.97 Å². The molecular formula is C11H15BN2O3. The number of nitrogens with one attached hydrogen (secondary N) is 1. The summed E-state index contributed by atoms with van der Waals surface area (Å²) in [5.74, 6) is -0.880. The number of carboxylic acids is 1. The number of nitrogens with two attached hydrogens (primary N) is 1. The molecule has 5 nitrogen and oxygen atoms in total. The molecule has 2 rings (SSSR count). The predicted molar refractivity (Wildman–Crippen MR) is 66.7 cm³/mol. The molecule has 1 heterocycles. The quantitative estimate of drug-likeness (QED) is 0.640. The Hall–Kier alpha value is -1.53. The Bertz CT molecular complexity index is 439. The van der Waals surface area contributed by atoms with E-state index in [4.69, 9.17) is 15.5 Å². The van der Waals surface area contributed by atoms with Crippen LogP contribution in [0.15, 0.2) is 18.2 Å². The maximum Gasteiger partial charge on any atom is 0.324 e. The largest absolute Gasteiger partial charge is 0.480 e. The first-order chi connectivity index (χ1) is 8.11. The number of aliphatic carboxylic acids is 1. The molecule has 1 aromatic carbocycles. The van der Waals surface area contributed by atoms with Crippen molar-refractivity contribution in [3.05, 3.63) is 23.8 Å². The Morgan fingerprint density at radius 1 is 1.65 bits per heavy atom. The Labute approximate surface area is 100 Å². The molecule has 0 saturated heterocycles. The van der Waals surface area contributed by atoms with Gasteiger partial charge in [0.2, 0.25) is 0 Å². The number of hydrogen-bond acceptors (Lipinski definition) is 4. The topological polar surface area (TPSA) is 84.6 Å². The minimum Gasteiger partial charge on any atom is -0.480 e. The summed E-state index contributed by atoms with van der Waals surface area (Å²) in [4.78, 5) is 10.5. The van der Waals surface area contributed by atoms with Gasteiger partial charge in [0, 0.05) is 12.2 Å². The fraction of sp³-hybridized carbons (Fsp3) is 0.364. The van der Waals surface area contributed by atoms with Crippen LogP contribution in [0.4, 0.5) is 5.69 Å².